The van der Waals surface area contributed by atoms with Gasteiger partial charge in [0, 0.05) is 18.3 Å². The normalized spacial score (nSPS) is 11.8. The third-order valence-electron chi connectivity index (χ3n) is 2.30. The minimum Gasteiger partial charge on any atom is -0.465 e. The third kappa shape index (κ3) is 4.86. The van der Waals surface area contributed by atoms with E-state index in [4.69, 9.17) is 9.84 Å². The fourth-order valence-electron chi connectivity index (χ4n) is 1.38. The molecule has 0 saturated heterocycles. The molecular formula is C11H17N3O4. The van der Waals surface area contributed by atoms with Gasteiger partial charge in [-0.1, -0.05) is 13.3 Å². The molecule has 18 heavy (non-hydrogen) atoms. The molecule has 1 atom stereocenters. The predicted octanol–water partition coefficient (Wildman–Crippen LogP) is 0.932. The van der Waals surface area contributed by atoms with Gasteiger partial charge in [0.2, 0.25) is 0 Å². The average Bonchev–Trinajstić information content (AvgIpc) is 2.80. The highest BCUT2D eigenvalue weighted by Gasteiger charge is 2.22. The molecule has 1 heterocycles. The van der Waals surface area contributed by atoms with E-state index in [2.05, 4.69) is 15.3 Å². The number of nitrogens with zero attached hydrogens (tertiary/aromatic N) is 1. The molecule has 0 saturated carbocycles. The largest absolute Gasteiger partial charge is 0.465 e. The second-order valence-corrected chi connectivity index (χ2v) is 3.80. The first-order valence-electron chi connectivity index (χ1n) is 5.76. The van der Waals surface area contributed by atoms with Crippen LogP contribution in [-0.4, -0.2) is 39.8 Å². The number of carbonyl (C=O) groups is 2. The van der Waals surface area contributed by atoms with E-state index in [1.807, 2.05) is 6.92 Å². The van der Waals surface area contributed by atoms with Crippen LogP contribution < -0.4 is 5.32 Å². The topological polar surface area (TPSA) is 104 Å². The Morgan fingerprint density at radius 3 is 2.94 bits per heavy atom. The van der Waals surface area contributed by atoms with Crippen molar-refractivity contribution in [2.24, 2.45) is 0 Å². The first-order chi connectivity index (χ1) is 8.63. The Hall–Kier alpha value is -2.05. The molecule has 1 amide bonds. The summed E-state index contributed by atoms with van der Waals surface area (Å²) in [5, 5.41) is 10.8. The van der Waals surface area contributed by atoms with Crippen molar-refractivity contribution in [1.82, 2.24) is 15.3 Å². The third-order valence-corrected chi connectivity index (χ3v) is 2.30. The SMILES string of the molecule is CCCCOC(=O)[C@H](Cc1cnc[nH]1)NC(=O)O. The highest BCUT2D eigenvalue weighted by molar-refractivity contribution is 5.80. The van der Waals surface area contributed by atoms with Gasteiger partial charge in [0.15, 0.2) is 0 Å². The van der Waals surface area contributed by atoms with E-state index in [1.165, 1.54) is 12.5 Å². The Bertz CT molecular complexity index is 378. The summed E-state index contributed by atoms with van der Waals surface area (Å²) in [6.45, 7) is 2.28. The number of carboxylic acid groups (broad SMARTS) is 1. The molecule has 3 N–H and O–H groups in total. The van der Waals surface area contributed by atoms with Crippen LogP contribution in [0.5, 0.6) is 0 Å². The number of hydrogen-bond acceptors (Lipinski definition) is 4. The van der Waals surface area contributed by atoms with Crippen LogP contribution in [0.4, 0.5) is 4.79 Å². The summed E-state index contributed by atoms with van der Waals surface area (Å²) in [7, 11) is 0. The van der Waals surface area contributed by atoms with Gasteiger partial charge < -0.3 is 20.1 Å². The summed E-state index contributed by atoms with van der Waals surface area (Å²) in [6.07, 6.45) is 3.61. The van der Waals surface area contributed by atoms with E-state index < -0.39 is 18.1 Å². The molecular weight excluding hydrogens is 238 g/mol. The van der Waals surface area contributed by atoms with Gasteiger partial charge in [-0.15, -0.1) is 0 Å². The lowest BCUT2D eigenvalue weighted by Crippen LogP contribution is -2.42. The van der Waals surface area contributed by atoms with Gasteiger partial charge in [-0.3, -0.25) is 0 Å². The van der Waals surface area contributed by atoms with Crippen molar-refractivity contribution in [3.63, 3.8) is 0 Å². The number of unbranched alkanes of at least 4 members (excludes halogenated alkanes) is 1. The fraction of sp³-hybridized carbons (Fsp3) is 0.545. The summed E-state index contributed by atoms with van der Waals surface area (Å²) in [4.78, 5) is 28.9. The maximum absolute atomic E-state index is 11.7. The van der Waals surface area contributed by atoms with Crippen molar-refractivity contribution in [2.75, 3.05) is 6.61 Å². The molecule has 0 spiro atoms. The van der Waals surface area contributed by atoms with E-state index in [-0.39, 0.29) is 6.42 Å². The van der Waals surface area contributed by atoms with Crippen LogP contribution in [0.1, 0.15) is 25.5 Å². The minimum absolute atomic E-state index is 0.192. The Balaban J connectivity index is 2.54. The maximum atomic E-state index is 11.7. The number of H-pyrrole nitrogens is 1. The molecule has 0 aliphatic rings. The lowest BCUT2D eigenvalue weighted by Gasteiger charge is -2.14. The van der Waals surface area contributed by atoms with Crippen molar-refractivity contribution >= 4 is 12.1 Å². The molecule has 0 radical (unpaired) electrons. The summed E-state index contributed by atoms with van der Waals surface area (Å²) >= 11 is 0. The summed E-state index contributed by atoms with van der Waals surface area (Å²) in [5.74, 6) is -0.569. The first-order valence-corrected chi connectivity index (χ1v) is 5.76. The van der Waals surface area contributed by atoms with E-state index in [1.54, 1.807) is 0 Å². The molecule has 0 aliphatic carbocycles. The van der Waals surface area contributed by atoms with Crippen LogP contribution in [0.2, 0.25) is 0 Å². The van der Waals surface area contributed by atoms with Gasteiger partial charge in [-0.2, -0.15) is 0 Å². The minimum atomic E-state index is -1.26. The molecule has 1 aromatic heterocycles. The van der Waals surface area contributed by atoms with E-state index in [0.717, 1.165) is 12.8 Å². The molecule has 0 fully saturated rings. The Labute approximate surface area is 105 Å². The predicted molar refractivity (Wildman–Crippen MR) is 63.1 cm³/mol. The molecule has 0 unspecified atom stereocenters. The van der Waals surface area contributed by atoms with Crippen LogP contribution in [0.25, 0.3) is 0 Å². The quantitative estimate of drug-likeness (QED) is 0.496. The second-order valence-electron chi connectivity index (χ2n) is 3.80. The standard InChI is InChI=1S/C11H17N3O4/c1-2-3-4-18-10(15)9(14-11(16)17)5-8-6-12-7-13-8/h6-7,9,14H,2-5H2,1H3,(H,12,13)(H,16,17)/t9-/m0/s1. The maximum Gasteiger partial charge on any atom is 0.405 e. The monoisotopic (exact) mass is 255 g/mol. The highest BCUT2D eigenvalue weighted by Crippen LogP contribution is 2.02. The van der Waals surface area contributed by atoms with E-state index in [0.29, 0.717) is 12.3 Å². The number of esters is 1. The molecule has 100 valence electrons. The zero-order valence-electron chi connectivity index (χ0n) is 10.2. The Morgan fingerprint density at radius 2 is 2.39 bits per heavy atom. The van der Waals surface area contributed by atoms with Crippen molar-refractivity contribution < 1.29 is 19.4 Å². The smallest absolute Gasteiger partial charge is 0.405 e. The van der Waals surface area contributed by atoms with Gasteiger partial charge in [-0.05, 0) is 6.42 Å². The van der Waals surface area contributed by atoms with Gasteiger partial charge in [0.25, 0.3) is 0 Å². The van der Waals surface area contributed by atoms with Crippen LogP contribution in [-0.2, 0) is 16.0 Å². The number of aromatic amines is 1. The number of rotatable bonds is 7. The molecule has 0 aliphatic heterocycles. The fourth-order valence-corrected chi connectivity index (χ4v) is 1.38. The van der Waals surface area contributed by atoms with E-state index >= 15 is 0 Å². The lowest BCUT2D eigenvalue weighted by atomic mass is 10.1. The number of amides is 1. The molecule has 7 heteroatoms. The zero-order valence-corrected chi connectivity index (χ0v) is 10.2. The highest BCUT2D eigenvalue weighted by atomic mass is 16.5. The van der Waals surface area contributed by atoms with Gasteiger partial charge in [-0.25, -0.2) is 14.6 Å². The molecule has 0 bridgehead atoms. The number of aromatic nitrogens is 2. The number of nitrogens with one attached hydrogen (secondary N) is 2. The van der Waals surface area contributed by atoms with Crippen molar-refractivity contribution in [3.05, 3.63) is 18.2 Å². The van der Waals surface area contributed by atoms with Gasteiger partial charge in [0.05, 0.1) is 12.9 Å². The van der Waals surface area contributed by atoms with Crippen LogP contribution in [0.15, 0.2) is 12.5 Å². The van der Waals surface area contributed by atoms with Gasteiger partial charge in [0.1, 0.15) is 6.04 Å². The molecule has 1 aromatic rings. The van der Waals surface area contributed by atoms with E-state index in [9.17, 15) is 9.59 Å². The lowest BCUT2D eigenvalue weighted by molar-refractivity contribution is -0.146. The number of imidazole rings is 1. The Kier molecular flexibility index (Phi) is 5.69. The number of carbonyl (C=O) groups excluding carboxylic acids is 1. The average molecular weight is 255 g/mol. The van der Waals surface area contributed by atoms with Gasteiger partial charge >= 0.3 is 12.1 Å². The van der Waals surface area contributed by atoms with Crippen LogP contribution in [0.3, 0.4) is 0 Å². The van der Waals surface area contributed by atoms with Crippen LogP contribution >= 0.6 is 0 Å². The molecule has 0 aromatic carbocycles. The first kappa shape index (κ1) is 14.0. The molecule has 7 nitrogen and oxygen atoms in total. The Morgan fingerprint density at radius 1 is 1.61 bits per heavy atom. The summed E-state index contributed by atoms with van der Waals surface area (Å²) in [5.41, 5.74) is 0.668. The van der Waals surface area contributed by atoms with Crippen molar-refractivity contribution in [1.29, 1.82) is 0 Å². The summed E-state index contributed by atoms with van der Waals surface area (Å²) < 4.78 is 5.00. The van der Waals surface area contributed by atoms with Crippen LogP contribution in [0, 0.1) is 0 Å². The zero-order chi connectivity index (χ0) is 13.4. The van der Waals surface area contributed by atoms with Crippen molar-refractivity contribution in [3.8, 4) is 0 Å². The summed E-state index contributed by atoms with van der Waals surface area (Å²) in [6, 6.07) is -0.917. The second kappa shape index (κ2) is 7.31. The molecule has 1 rings (SSSR count). The number of ether oxygens (including phenoxy) is 1. The van der Waals surface area contributed by atoms with Crippen molar-refractivity contribution in [2.45, 2.75) is 32.2 Å². The number of hydrogen-bond donors (Lipinski definition) is 3.